The fraction of sp³-hybridized carbons (Fsp3) is 0.533. The third-order valence-electron chi connectivity index (χ3n) is 3.67. The minimum Gasteiger partial charge on any atom is -0.507 e. The van der Waals surface area contributed by atoms with Crippen LogP contribution in [0.3, 0.4) is 0 Å². The number of amides is 1. The molecule has 0 bridgehead atoms. The molecule has 18 heavy (non-hydrogen) atoms. The Morgan fingerprint density at radius 3 is 2.89 bits per heavy atom. The summed E-state index contributed by atoms with van der Waals surface area (Å²) in [5, 5.41) is 12.8. The van der Waals surface area contributed by atoms with Crippen LogP contribution in [0, 0.1) is 12.8 Å². The number of hydrogen-bond acceptors (Lipinski definition) is 2. The molecule has 1 aliphatic rings. The average Bonchev–Trinajstić information content (AvgIpc) is 2.32. The molecule has 98 valence electrons. The van der Waals surface area contributed by atoms with E-state index in [-0.39, 0.29) is 17.7 Å². The van der Waals surface area contributed by atoms with Crippen LogP contribution < -0.4 is 5.32 Å². The second kappa shape index (κ2) is 5.42. The number of hydrogen-bond donors (Lipinski definition) is 2. The SMILES string of the molecule is Cc1ccc(O)c(C(=O)NC2CCCC(C)C2)c1. The van der Waals surface area contributed by atoms with Crippen LogP contribution in [0.4, 0.5) is 0 Å². The first-order valence-corrected chi connectivity index (χ1v) is 6.66. The summed E-state index contributed by atoms with van der Waals surface area (Å²) in [6.07, 6.45) is 4.51. The van der Waals surface area contributed by atoms with E-state index in [9.17, 15) is 9.90 Å². The quantitative estimate of drug-likeness (QED) is 0.844. The van der Waals surface area contributed by atoms with Crippen LogP contribution in [-0.2, 0) is 0 Å². The first kappa shape index (κ1) is 12.9. The summed E-state index contributed by atoms with van der Waals surface area (Å²) in [4.78, 5) is 12.1. The molecule has 2 rings (SSSR count). The zero-order chi connectivity index (χ0) is 13.1. The lowest BCUT2D eigenvalue weighted by Crippen LogP contribution is -2.38. The van der Waals surface area contributed by atoms with Crippen LogP contribution in [0.25, 0.3) is 0 Å². The van der Waals surface area contributed by atoms with Gasteiger partial charge in [0.05, 0.1) is 5.56 Å². The van der Waals surface area contributed by atoms with Crippen LogP contribution in [-0.4, -0.2) is 17.1 Å². The van der Waals surface area contributed by atoms with Crippen molar-refractivity contribution in [3.05, 3.63) is 29.3 Å². The molecule has 1 aromatic carbocycles. The fourth-order valence-electron chi connectivity index (χ4n) is 2.66. The van der Waals surface area contributed by atoms with Gasteiger partial charge in [-0.2, -0.15) is 0 Å². The van der Waals surface area contributed by atoms with E-state index in [1.807, 2.05) is 6.92 Å². The Kier molecular flexibility index (Phi) is 3.90. The molecule has 1 saturated carbocycles. The van der Waals surface area contributed by atoms with Crippen molar-refractivity contribution in [3.63, 3.8) is 0 Å². The molecule has 0 heterocycles. The molecule has 1 aromatic rings. The van der Waals surface area contributed by atoms with Gasteiger partial charge in [0.25, 0.3) is 5.91 Å². The molecular weight excluding hydrogens is 226 g/mol. The molecule has 1 amide bonds. The molecule has 1 fully saturated rings. The molecule has 0 radical (unpaired) electrons. The van der Waals surface area contributed by atoms with Gasteiger partial charge in [0.2, 0.25) is 0 Å². The normalized spacial score (nSPS) is 23.7. The van der Waals surface area contributed by atoms with Crippen molar-refractivity contribution in [1.29, 1.82) is 0 Å². The molecule has 3 heteroatoms. The van der Waals surface area contributed by atoms with Gasteiger partial charge in [-0.3, -0.25) is 4.79 Å². The third kappa shape index (κ3) is 3.03. The summed E-state index contributed by atoms with van der Waals surface area (Å²) in [6, 6.07) is 5.36. The number of carbonyl (C=O) groups is 1. The minimum atomic E-state index is -0.157. The van der Waals surface area contributed by atoms with Crippen LogP contribution in [0.2, 0.25) is 0 Å². The summed E-state index contributed by atoms with van der Waals surface area (Å²) < 4.78 is 0. The zero-order valence-electron chi connectivity index (χ0n) is 11.1. The van der Waals surface area contributed by atoms with Crippen molar-refractivity contribution in [3.8, 4) is 5.75 Å². The van der Waals surface area contributed by atoms with Gasteiger partial charge < -0.3 is 10.4 Å². The Morgan fingerprint density at radius 1 is 1.39 bits per heavy atom. The smallest absolute Gasteiger partial charge is 0.255 e. The summed E-state index contributed by atoms with van der Waals surface area (Å²) >= 11 is 0. The van der Waals surface area contributed by atoms with Crippen LogP contribution >= 0.6 is 0 Å². The summed E-state index contributed by atoms with van der Waals surface area (Å²) in [5.41, 5.74) is 1.36. The van der Waals surface area contributed by atoms with Gasteiger partial charge in [-0.1, -0.05) is 31.4 Å². The van der Waals surface area contributed by atoms with E-state index in [1.54, 1.807) is 18.2 Å². The number of aryl methyl sites for hydroxylation is 1. The monoisotopic (exact) mass is 247 g/mol. The van der Waals surface area contributed by atoms with Crippen LogP contribution in [0.5, 0.6) is 5.75 Å². The molecule has 0 aromatic heterocycles. The number of aromatic hydroxyl groups is 1. The second-order valence-electron chi connectivity index (χ2n) is 5.46. The predicted octanol–water partition coefficient (Wildman–Crippen LogP) is 3.01. The van der Waals surface area contributed by atoms with Crippen molar-refractivity contribution in [2.75, 3.05) is 0 Å². The lowest BCUT2D eigenvalue weighted by Gasteiger charge is -2.27. The highest BCUT2D eigenvalue weighted by Crippen LogP contribution is 2.24. The Bertz CT molecular complexity index is 442. The highest BCUT2D eigenvalue weighted by atomic mass is 16.3. The van der Waals surface area contributed by atoms with E-state index < -0.39 is 0 Å². The van der Waals surface area contributed by atoms with Gasteiger partial charge >= 0.3 is 0 Å². The van der Waals surface area contributed by atoms with Crippen molar-refractivity contribution < 1.29 is 9.90 Å². The average molecular weight is 247 g/mol. The number of carbonyl (C=O) groups excluding carboxylic acids is 1. The molecule has 0 spiro atoms. The molecular formula is C15H21NO2. The molecule has 1 aliphatic carbocycles. The van der Waals surface area contributed by atoms with Gasteiger partial charge in [-0.05, 0) is 37.8 Å². The molecule has 2 atom stereocenters. The molecule has 0 saturated heterocycles. The van der Waals surface area contributed by atoms with E-state index >= 15 is 0 Å². The van der Waals surface area contributed by atoms with Crippen molar-refractivity contribution in [2.45, 2.75) is 45.6 Å². The van der Waals surface area contributed by atoms with Gasteiger partial charge in [0.15, 0.2) is 0 Å². The number of rotatable bonds is 2. The summed E-state index contributed by atoms with van der Waals surface area (Å²) in [7, 11) is 0. The van der Waals surface area contributed by atoms with E-state index in [2.05, 4.69) is 12.2 Å². The Balaban J connectivity index is 2.05. The second-order valence-corrected chi connectivity index (χ2v) is 5.46. The van der Waals surface area contributed by atoms with Crippen molar-refractivity contribution in [1.82, 2.24) is 5.32 Å². The summed E-state index contributed by atoms with van der Waals surface area (Å²) in [6.45, 7) is 4.14. The van der Waals surface area contributed by atoms with Gasteiger partial charge in [0.1, 0.15) is 5.75 Å². The van der Waals surface area contributed by atoms with E-state index in [0.717, 1.165) is 18.4 Å². The Labute approximate surface area is 108 Å². The first-order valence-electron chi connectivity index (χ1n) is 6.66. The highest BCUT2D eigenvalue weighted by Gasteiger charge is 2.21. The Morgan fingerprint density at radius 2 is 2.17 bits per heavy atom. The maximum Gasteiger partial charge on any atom is 0.255 e. The largest absolute Gasteiger partial charge is 0.507 e. The van der Waals surface area contributed by atoms with E-state index in [0.29, 0.717) is 11.5 Å². The molecule has 2 N–H and O–H groups in total. The highest BCUT2D eigenvalue weighted by molar-refractivity contribution is 5.97. The topological polar surface area (TPSA) is 49.3 Å². The zero-order valence-corrected chi connectivity index (χ0v) is 11.1. The summed E-state index contributed by atoms with van der Waals surface area (Å²) in [5.74, 6) is 0.576. The Hall–Kier alpha value is -1.51. The first-order chi connectivity index (χ1) is 8.56. The standard InChI is InChI=1S/C15H21NO2/c1-10-4-3-5-12(8-10)16-15(18)13-9-11(2)6-7-14(13)17/h6-7,9-10,12,17H,3-5,8H2,1-2H3,(H,16,18). The molecule has 3 nitrogen and oxygen atoms in total. The lowest BCUT2D eigenvalue weighted by atomic mass is 9.87. The predicted molar refractivity (Wildman–Crippen MR) is 71.7 cm³/mol. The number of nitrogens with one attached hydrogen (secondary N) is 1. The van der Waals surface area contributed by atoms with E-state index in [4.69, 9.17) is 0 Å². The fourth-order valence-corrected chi connectivity index (χ4v) is 2.66. The van der Waals surface area contributed by atoms with Gasteiger partial charge in [-0.15, -0.1) is 0 Å². The van der Waals surface area contributed by atoms with E-state index in [1.165, 1.54) is 12.8 Å². The van der Waals surface area contributed by atoms with Crippen molar-refractivity contribution in [2.24, 2.45) is 5.92 Å². The lowest BCUT2D eigenvalue weighted by molar-refractivity contribution is 0.0918. The van der Waals surface area contributed by atoms with Crippen LogP contribution in [0.1, 0.15) is 48.5 Å². The number of phenols is 1. The third-order valence-corrected chi connectivity index (χ3v) is 3.67. The van der Waals surface area contributed by atoms with Crippen LogP contribution in [0.15, 0.2) is 18.2 Å². The van der Waals surface area contributed by atoms with Gasteiger partial charge in [-0.25, -0.2) is 0 Å². The molecule has 0 aliphatic heterocycles. The number of phenolic OH excluding ortho intramolecular Hbond substituents is 1. The maximum absolute atomic E-state index is 12.1. The number of benzene rings is 1. The van der Waals surface area contributed by atoms with Gasteiger partial charge in [0, 0.05) is 6.04 Å². The molecule has 2 unspecified atom stereocenters. The van der Waals surface area contributed by atoms with Crippen molar-refractivity contribution >= 4 is 5.91 Å². The maximum atomic E-state index is 12.1. The minimum absolute atomic E-state index is 0.0574.